The Hall–Kier alpha value is -0.570. The van der Waals surface area contributed by atoms with E-state index in [4.69, 9.17) is 0 Å². The second-order valence-corrected chi connectivity index (χ2v) is 6.42. The Labute approximate surface area is 110 Å². The van der Waals surface area contributed by atoms with Crippen LogP contribution in [0.2, 0.25) is 0 Å². The van der Waals surface area contributed by atoms with Crippen molar-refractivity contribution < 1.29 is 4.79 Å². The van der Waals surface area contributed by atoms with Gasteiger partial charge in [-0.25, -0.2) is 0 Å². The minimum absolute atomic E-state index is 0.443. The molecule has 3 nitrogen and oxygen atoms in total. The van der Waals surface area contributed by atoms with Crippen LogP contribution in [-0.2, 0) is 4.79 Å². The molecular formula is C15H26N2O. The maximum Gasteiger partial charge on any atom is 0.223 e. The van der Waals surface area contributed by atoms with Crippen LogP contribution < -0.4 is 5.32 Å². The van der Waals surface area contributed by atoms with Crippen molar-refractivity contribution in [2.45, 2.75) is 57.4 Å². The molecule has 1 saturated carbocycles. The first-order chi connectivity index (χ1) is 8.84. The molecule has 0 spiro atoms. The summed E-state index contributed by atoms with van der Waals surface area (Å²) in [6.07, 6.45) is 10.0. The summed E-state index contributed by atoms with van der Waals surface area (Å²) in [5.74, 6) is 1.86. The van der Waals surface area contributed by atoms with Crippen LogP contribution in [0.5, 0.6) is 0 Å². The molecule has 2 aliphatic heterocycles. The Kier molecular flexibility index (Phi) is 3.88. The van der Waals surface area contributed by atoms with Gasteiger partial charge in [0.1, 0.15) is 0 Å². The molecule has 0 radical (unpaired) electrons. The maximum atomic E-state index is 12.5. The summed E-state index contributed by atoms with van der Waals surface area (Å²) < 4.78 is 0. The van der Waals surface area contributed by atoms with Gasteiger partial charge in [0.25, 0.3) is 0 Å². The van der Waals surface area contributed by atoms with Gasteiger partial charge in [-0.05, 0) is 31.1 Å². The molecule has 3 rings (SSSR count). The molecule has 1 amide bonds. The standard InChI is InChI=1S/C15H26N2O/c18-15(9-12-5-3-1-2-4-6-12)17-8-7-13-10-16-11-14(13)17/h12-14,16H,1-11H2/t13-,14+/m0/s1. The maximum absolute atomic E-state index is 12.5. The number of fused-ring (bicyclic) bond motifs is 1. The highest BCUT2D eigenvalue weighted by Crippen LogP contribution is 2.30. The summed E-state index contributed by atoms with van der Waals surface area (Å²) >= 11 is 0. The minimum atomic E-state index is 0.443. The molecule has 0 unspecified atom stereocenters. The van der Waals surface area contributed by atoms with E-state index in [1.165, 1.54) is 44.9 Å². The van der Waals surface area contributed by atoms with Crippen molar-refractivity contribution in [3.63, 3.8) is 0 Å². The van der Waals surface area contributed by atoms with Crippen LogP contribution in [0.3, 0.4) is 0 Å². The number of rotatable bonds is 2. The Bertz CT molecular complexity index is 297. The van der Waals surface area contributed by atoms with E-state index in [9.17, 15) is 4.79 Å². The van der Waals surface area contributed by atoms with E-state index >= 15 is 0 Å². The van der Waals surface area contributed by atoms with Gasteiger partial charge in [0.2, 0.25) is 5.91 Å². The fraction of sp³-hybridized carbons (Fsp3) is 0.933. The first-order valence-corrected chi connectivity index (χ1v) is 7.85. The van der Waals surface area contributed by atoms with Crippen molar-refractivity contribution in [2.75, 3.05) is 19.6 Å². The fourth-order valence-electron chi connectivity index (χ4n) is 4.09. The molecule has 0 aromatic rings. The molecule has 3 aliphatic rings. The Morgan fingerprint density at radius 3 is 2.61 bits per heavy atom. The summed E-state index contributed by atoms with van der Waals surface area (Å²) in [6, 6.07) is 0.517. The smallest absolute Gasteiger partial charge is 0.223 e. The van der Waals surface area contributed by atoms with E-state index in [0.717, 1.165) is 32.0 Å². The van der Waals surface area contributed by atoms with Crippen LogP contribution in [0.15, 0.2) is 0 Å². The van der Waals surface area contributed by atoms with Gasteiger partial charge in [-0.2, -0.15) is 0 Å². The number of nitrogens with zero attached hydrogens (tertiary/aromatic N) is 1. The molecule has 2 heterocycles. The molecule has 1 aliphatic carbocycles. The zero-order valence-electron chi connectivity index (χ0n) is 11.4. The minimum Gasteiger partial charge on any atom is -0.338 e. The van der Waals surface area contributed by atoms with Crippen molar-refractivity contribution in [3.05, 3.63) is 0 Å². The predicted octanol–water partition coefficient (Wildman–Crippen LogP) is 2.17. The van der Waals surface area contributed by atoms with E-state index in [2.05, 4.69) is 10.2 Å². The summed E-state index contributed by atoms with van der Waals surface area (Å²) in [6.45, 7) is 3.17. The zero-order chi connectivity index (χ0) is 12.4. The summed E-state index contributed by atoms with van der Waals surface area (Å²) in [5, 5.41) is 3.43. The molecular weight excluding hydrogens is 224 g/mol. The number of likely N-dealkylation sites (tertiary alicyclic amines) is 1. The molecule has 0 bridgehead atoms. The predicted molar refractivity (Wildman–Crippen MR) is 72.3 cm³/mol. The van der Waals surface area contributed by atoms with E-state index in [-0.39, 0.29) is 0 Å². The summed E-state index contributed by atoms with van der Waals surface area (Å²) in [4.78, 5) is 14.7. The quantitative estimate of drug-likeness (QED) is 0.762. The van der Waals surface area contributed by atoms with Gasteiger partial charge >= 0.3 is 0 Å². The Balaban J connectivity index is 1.54. The molecule has 0 aromatic carbocycles. The monoisotopic (exact) mass is 250 g/mol. The van der Waals surface area contributed by atoms with Crippen molar-refractivity contribution in [1.82, 2.24) is 10.2 Å². The second kappa shape index (κ2) is 5.60. The Morgan fingerprint density at radius 2 is 1.83 bits per heavy atom. The molecule has 0 aromatic heterocycles. The van der Waals surface area contributed by atoms with Gasteiger partial charge in [-0.3, -0.25) is 4.79 Å². The van der Waals surface area contributed by atoms with Crippen LogP contribution in [-0.4, -0.2) is 36.5 Å². The van der Waals surface area contributed by atoms with Crippen molar-refractivity contribution in [3.8, 4) is 0 Å². The van der Waals surface area contributed by atoms with Gasteiger partial charge in [-0.1, -0.05) is 25.7 Å². The first kappa shape index (κ1) is 12.5. The van der Waals surface area contributed by atoms with Gasteiger partial charge in [0, 0.05) is 32.1 Å². The number of nitrogens with one attached hydrogen (secondary N) is 1. The number of carbonyl (C=O) groups is 1. The fourth-order valence-corrected chi connectivity index (χ4v) is 4.09. The molecule has 3 heteroatoms. The van der Waals surface area contributed by atoms with Crippen molar-refractivity contribution >= 4 is 5.91 Å². The Morgan fingerprint density at radius 1 is 1.06 bits per heavy atom. The van der Waals surface area contributed by atoms with Crippen LogP contribution >= 0.6 is 0 Å². The molecule has 2 saturated heterocycles. The third-order valence-corrected chi connectivity index (χ3v) is 5.20. The number of hydrogen-bond donors (Lipinski definition) is 1. The highest BCUT2D eigenvalue weighted by molar-refractivity contribution is 5.77. The average molecular weight is 250 g/mol. The highest BCUT2D eigenvalue weighted by atomic mass is 16.2. The SMILES string of the molecule is O=C(CC1CCCCCC1)N1CC[C@H]2CNC[C@H]21. The van der Waals surface area contributed by atoms with Crippen molar-refractivity contribution in [2.24, 2.45) is 11.8 Å². The van der Waals surface area contributed by atoms with E-state index < -0.39 is 0 Å². The van der Waals surface area contributed by atoms with E-state index in [0.29, 0.717) is 17.9 Å². The van der Waals surface area contributed by atoms with Gasteiger partial charge < -0.3 is 10.2 Å². The molecule has 2 atom stereocenters. The van der Waals surface area contributed by atoms with E-state index in [1.807, 2.05) is 0 Å². The summed E-state index contributed by atoms with van der Waals surface area (Å²) in [7, 11) is 0. The topological polar surface area (TPSA) is 32.3 Å². The lowest BCUT2D eigenvalue weighted by molar-refractivity contribution is -0.133. The summed E-state index contributed by atoms with van der Waals surface area (Å²) in [5.41, 5.74) is 0. The largest absolute Gasteiger partial charge is 0.338 e. The third kappa shape index (κ3) is 2.56. The van der Waals surface area contributed by atoms with Crippen molar-refractivity contribution in [1.29, 1.82) is 0 Å². The lowest BCUT2D eigenvalue weighted by Crippen LogP contribution is -2.39. The number of carbonyl (C=O) groups excluding carboxylic acids is 1. The van der Waals surface area contributed by atoms with Crippen LogP contribution in [0, 0.1) is 11.8 Å². The molecule has 18 heavy (non-hydrogen) atoms. The first-order valence-electron chi connectivity index (χ1n) is 7.85. The molecule has 3 fully saturated rings. The van der Waals surface area contributed by atoms with Crippen LogP contribution in [0.1, 0.15) is 51.4 Å². The van der Waals surface area contributed by atoms with Gasteiger partial charge in [0.05, 0.1) is 0 Å². The molecule has 1 N–H and O–H groups in total. The normalized spacial score (nSPS) is 33.4. The average Bonchev–Trinajstić information content (AvgIpc) is 2.87. The zero-order valence-corrected chi connectivity index (χ0v) is 11.4. The molecule has 102 valence electrons. The van der Waals surface area contributed by atoms with Gasteiger partial charge in [-0.15, -0.1) is 0 Å². The van der Waals surface area contributed by atoms with Crippen LogP contribution in [0.25, 0.3) is 0 Å². The van der Waals surface area contributed by atoms with Crippen LogP contribution in [0.4, 0.5) is 0 Å². The lowest BCUT2D eigenvalue weighted by Gasteiger charge is -2.25. The number of amides is 1. The second-order valence-electron chi connectivity index (χ2n) is 6.42. The number of hydrogen-bond acceptors (Lipinski definition) is 2. The third-order valence-electron chi connectivity index (χ3n) is 5.20. The highest BCUT2D eigenvalue weighted by Gasteiger charge is 2.39. The van der Waals surface area contributed by atoms with E-state index in [1.54, 1.807) is 0 Å². The van der Waals surface area contributed by atoms with Gasteiger partial charge in [0.15, 0.2) is 0 Å². The lowest BCUT2D eigenvalue weighted by atomic mass is 9.95.